The van der Waals surface area contributed by atoms with Gasteiger partial charge in [-0.05, 0) is 79.4 Å². The number of ketones is 2. The molecule has 1 saturated heterocycles. The summed E-state index contributed by atoms with van der Waals surface area (Å²) in [5.41, 5.74) is 2.26. The summed E-state index contributed by atoms with van der Waals surface area (Å²) in [6, 6.07) is 16.5. The second-order valence-electron chi connectivity index (χ2n) is 14.3. The van der Waals surface area contributed by atoms with Gasteiger partial charge in [0.05, 0.1) is 12.2 Å². The van der Waals surface area contributed by atoms with E-state index in [2.05, 4.69) is 50.4 Å². The van der Waals surface area contributed by atoms with Gasteiger partial charge in [0.15, 0.2) is 23.5 Å². The number of aliphatic hydroxyl groups excluding tert-OH is 2. The molecule has 5 aliphatic rings. The van der Waals surface area contributed by atoms with Gasteiger partial charge in [0.25, 0.3) is 0 Å². The highest BCUT2D eigenvalue weighted by Crippen LogP contribution is 2.74. The Kier molecular flexibility index (Phi) is 6.87. The average Bonchev–Trinajstić information content (AvgIpc) is 3.51. The molecular weight excluding hydrogens is 554 g/mol. The molecule has 0 bridgehead atoms. The SMILES string of the molecule is CNc1cccc(Cc2ccc([C@@H]3O[C@@H]4C[C@H]5[C@@H]6CCC7=CC(=O)C=C[C@]7(C)[C@@]6(C)[C@@H](O)C[C@]5(C)[C@]4(C(=O)CO)O3)cc2)c1. The molecule has 1 heterocycles. The first-order chi connectivity index (χ1) is 21.0. The Balaban J connectivity index is 1.18. The van der Waals surface area contributed by atoms with Crippen LogP contribution in [-0.4, -0.2) is 53.2 Å². The van der Waals surface area contributed by atoms with E-state index in [9.17, 15) is 19.8 Å². The average molecular weight is 598 g/mol. The van der Waals surface area contributed by atoms with Crippen LogP contribution in [0.4, 0.5) is 5.69 Å². The molecule has 44 heavy (non-hydrogen) atoms. The van der Waals surface area contributed by atoms with Crippen molar-refractivity contribution in [3.8, 4) is 0 Å². The lowest BCUT2D eigenvalue weighted by Crippen LogP contribution is -2.67. The number of hydrogen-bond donors (Lipinski definition) is 3. The minimum absolute atomic E-state index is 0.00132. The van der Waals surface area contributed by atoms with Crippen LogP contribution < -0.4 is 5.32 Å². The van der Waals surface area contributed by atoms with E-state index in [0.29, 0.717) is 12.8 Å². The Labute approximate surface area is 259 Å². The molecule has 2 aromatic rings. The van der Waals surface area contributed by atoms with Gasteiger partial charge < -0.3 is 25.0 Å². The Hall–Kier alpha value is -3.10. The van der Waals surface area contributed by atoms with E-state index in [1.54, 1.807) is 12.2 Å². The van der Waals surface area contributed by atoms with Crippen molar-refractivity contribution in [2.75, 3.05) is 19.0 Å². The second-order valence-corrected chi connectivity index (χ2v) is 14.3. The molecule has 1 aliphatic heterocycles. The van der Waals surface area contributed by atoms with Crippen molar-refractivity contribution in [3.05, 3.63) is 89.0 Å². The van der Waals surface area contributed by atoms with Crippen LogP contribution in [-0.2, 0) is 25.5 Å². The highest BCUT2D eigenvalue weighted by Gasteiger charge is 2.77. The molecule has 7 rings (SSSR count). The molecule has 0 amide bonds. The quantitative estimate of drug-likeness (QED) is 0.415. The van der Waals surface area contributed by atoms with E-state index in [4.69, 9.17) is 9.47 Å². The first-order valence-corrected chi connectivity index (χ1v) is 16.0. The van der Waals surface area contributed by atoms with Crippen LogP contribution in [0.1, 0.15) is 69.4 Å². The molecule has 0 radical (unpaired) electrons. The number of carbonyl (C=O) groups is 2. The molecule has 3 saturated carbocycles. The van der Waals surface area contributed by atoms with Crippen molar-refractivity contribution in [1.82, 2.24) is 0 Å². The van der Waals surface area contributed by atoms with Crippen LogP contribution in [0.15, 0.2) is 72.3 Å². The molecule has 7 heteroatoms. The molecule has 0 unspecified atom stereocenters. The third-order valence-electron chi connectivity index (χ3n) is 12.6. The maximum absolute atomic E-state index is 13.8. The number of hydrogen-bond acceptors (Lipinski definition) is 7. The number of benzene rings is 2. The van der Waals surface area contributed by atoms with Crippen molar-refractivity contribution < 1.29 is 29.3 Å². The third kappa shape index (κ3) is 3.89. The van der Waals surface area contributed by atoms with Crippen LogP contribution in [0.2, 0.25) is 0 Å². The smallest absolute Gasteiger partial charge is 0.193 e. The highest BCUT2D eigenvalue weighted by molar-refractivity contribution is 6.01. The zero-order chi connectivity index (χ0) is 31.1. The molecule has 4 aliphatic carbocycles. The summed E-state index contributed by atoms with van der Waals surface area (Å²) in [7, 11) is 1.91. The molecule has 0 spiro atoms. The normalized spacial score (nSPS) is 40.5. The summed E-state index contributed by atoms with van der Waals surface area (Å²) in [6.07, 6.45) is 6.70. The van der Waals surface area contributed by atoms with E-state index in [-0.39, 0.29) is 23.4 Å². The molecule has 0 aromatic heterocycles. The van der Waals surface area contributed by atoms with Crippen LogP contribution in [0.5, 0.6) is 0 Å². The van der Waals surface area contributed by atoms with Gasteiger partial charge in [-0.25, -0.2) is 0 Å². The summed E-state index contributed by atoms with van der Waals surface area (Å²) in [4.78, 5) is 26.1. The number of nitrogens with one attached hydrogen (secondary N) is 1. The minimum atomic E-state index is -1.36. The number of aliphatic hydroxyl groups is 2. The van der Waals surface area contributed by atoms with Crippen molar-refractivity contribution in [3.63, 3.8) is 0 Å². The molecule has 9 atom stereocenters. The maximum Gasteiger partial charge on any atom is 0.193 e. The lowest BCUT2D eigenvalue weighted by Gasteiger charge is -2.65. The zero-order valence-electron chi connectivity index (χ0n) is 26.0. The third-order valence-corrected chi connectivity index (χ3v) is 12.6. The van der Waals surface area contributed by atoms with Crippen molar-refractivity contribution >= 4 is 17.3 Å². The molecule has 7 nitrogen and oxygen atoms in total. The summed E-state index contributed by atoms with van der Waals surface area (Å²) < 4.78 is 13.4. The standard InChI is InChI=1S/C37H43NO6/c1-34-15-14-27(40)18-25(34)12-13-28-29-19-32-37(31(42)21-39,35(29,2)20-30(41)36(28,34)3)44-33(43-32)24-10-8-22(9-11-24)16-23-6-5-7-26(17-23)38-4/h5-11,14-15,17-18,28-30,32-33,38-39,41H,12-13,16,19-21H2,1-4H3/t28-,29-,30-,32+,33+,34-,35-,36+,37+/m0/s1. The van der Waals surface area contributed by atoms with E-state index < -0.39 is 47.0 Å². The van der Waals surface area contributed by atoms with Gasteiger partial charge in [0, 0.05) is 34.5 Å². The number of allylic oxidation sites excluding steroid dienone is 4. The summed E-state index contributed by atoms with van der Waals surface area (Å²) in [6.45, 7) is 5.72. The van der Waals surface area contributed by atoms with Gasteiger partial charge >= 0.3 is 0 Å². The largest absolute Gasteiger partial charge is 0.392 e. The number of rotatable bonds is 6. The Morgan fingerprint density at radius 1 is 1.07 bits per heavy atom. The topological polar surface area (TPSA) is 105 Å². The van der Waals surface area contributed by atoms with Crippen LogP contribution in [0.3, 0.4) is 0 Å². The molecular formula is C37H43NO6. The molecule has 232 valence electrons. The Morgan fingerprint density at radius 2 is 1.84 bits per heavy atom. The minimum Gasteiger partial charge on any atom is -0.392 e. The summed E-state index contributed by atoms with van der Waals surface area (Å²) >= 11 is 0. The number of Topliss-reactive ketones (excluding diaryl/α,β-unsaturated/α-hetero) is 1. The summed E-state index contributed by atoms with van der Waals surface area (Å²) in [5, 5.41) is 25.5. The second kappa shape index (κ2) is 10.2. The number of carbonyl (C=O) groups excluding carboxylic acids is 2. The Morgan fingerprint density at radius 3 is 2.57 bits per heavy atom. The number of ether oxygens (including phenoxy) is 2. The van der Waals surface area contributed by atoms with Crippen LogP contribution in [0.25, 0.3) is 0 Å². The predicted octanol–water partition coefficient (Wildman–Crippen LogP) is 5.31. The van der Waals surface area contributed by atoms with E-state index >= 15 is 0 Å². The molecule has 4 fully saturated rings. The fourth-order valence-electron chi connectivity index (χ4n) is 10.0. The van der Waals surface area contributed by atoms with Crippen LogP contribution >= 0.6 is 0 Å². The van der Waals surface area contributed by atoms with Crippen molar-refractivity contribution in [1.29, 1.82) is 0 Å². The lowest BCUT2D eigenvalue weighted by atomic mass is 9.39. The highest BCUT2D eigenvalue weighted by atomic mass is 16.7. The fraction of sp³-hybridized carbons (Fsp3) is 0.514. The lowest BCUT2D eigenvalue weighted by molar-refractivity contribution is -0.223. The van der Waals surface area contributed by atoms with Gasteiger partial charge in [-0.3, -0.25) is 9.59 Å². The van der Waals surface area contributed by atoms with Crippen LogP contribution in [0, 0.1) is 28.1 Å². The first-order valence-electron chi connectivity index (χ1n) is 16.0. The maximum atomic E-state index is 13.8. The van der Waals surface area contributed by atoms with Gasteiger partial charge in [-0.1, -0.05) is 68.8 Å². The van der Waals surface area contributed by atoms with E-state index in [0.717, 1.165) is 41.6 Å². The predicted molar refractivity (Wildman–Crippen MR) is 167 cm³/mol. The van der Waals surface area contributed by atoms with Gasteiger partial charge in [-0.2, -0.15) is 0 Å². The van der Waals surface area contributed by atoms with Gasteiger partial charge in [-0.15, -0.1) is 0 Å². The van der Waals surface area contributed by atoms with E-state index in [1.807, 2.05) is 37.4 Å². The number of fused-ring (bicyclic) bond motifs is 7. The number of anilines is 1. The zero-order valence-corrected chi connectivity index (χ0v) is 26.0. The van der Waals surface area contributed by atoms with Crippen molar-refractivity contribution in [2.45, 2.75) is 77.0 Å². The molecule has 2 aromatic carbocycles. The van der Waals surface area contributed by atoms with Gasteiger partial charge in [0.1, 0.15) is 6.61 Å². The van der Waals surface area contributed by atoms with Crippen molar-refractivity contribution in [2.24, 2.45) is 28.1 Å². The van der Waals surface area contributed by atoms with Gasteiger partial charge in [0.2, 0.25) is 0 Å². The monoisotopic (exact) mass is 597 g/mol. The first kappa shape index (κ1) is 29.6. The molecule has 3 N–H and O–H groups in total. The Bertz CT molecular complexity index is 1560. The fourth-order valence-corrected chi connectivity index (χ4v) is 10.0. The summed E-state index contributed by atoms with van der Waals surface area (Å²) in [5.74, 6) is -0.256. The van der Waals surface area contributed by atoms with E-state index in [1.165, 1.54) is 5.56 Å².